The van der Waals surface area contributed by atoms with E-state index in [1.165, 1.54) is 0 Å². The van der Waals surface area contributed by atoms with Crippen molar-refractivity contribution in [2.75, 3.05) is 19.6 Å². The molecule has 0 radical (unpaired) electrons. The van der Waals surface area contributed by atoms with Crippen LogP contribution in [-0.4, -0.2) is 67.3 Å². The lowest BCUT2D eigenvalue weighted by Crippen LogP contribution is -2.55. The Kier molecular flexibility index (Phi) is 7.61. The number of piperazine rings is 1. The monoisotopic (exact) mass is 563 g/mol. The number of hydrogen-bond acceptors (Lipinski definition) is 6. The van der Waals surface area contributed by atoms with Crippen molar-refractivity contribution >= 4 is 47.8 Å². The van der Waals surface area contributed by atoms with Crippen LogP contribution < -0.4 is 5.73 Å². The number of carbonyl (C=O) groups excluding carboxylic acids is 2. The second kappa shape index (κ2) is 11.0. The fraction of sp³-hybridized carbons (Fsp3) is 0.321. The van der Waals surface area contributed by atoms with Crippen molar-refractivity contribution in [3.05, 3.63) is 76.6 Å². The summed E-state index contributed by atoms with van der Waals surface area (Å²) in [6.45, 7) is 3.68. The van der Waals surface area contributed by atoms with E-state index in [4.69, 9.17) is 22.3 Å². The number of nitrogens with two attached hydrogens (primary N) is 1. The molecule has 1 aliphatic carbocycles. The van der Waals surface area contributed by atoms with Crippen molar-refractivity contribution in [1.29, 1.82) is 0 Å². The van der Waals surface area contributed by atoms with E-state index in [0.717, 1.165) is 35.0 Å². The standard InChI is InChI=1S/C28H28ClN7O2.H2S/c1-17-15-34(9-10-35(17)28(38)26-16-36(33-32-26)21-6-7-21)27(37)20-5-8-22-23(29)13-24(31-25(22)12-20)19-4-2-3-18(11-19)14-30;/h2-5,8,11-13,16-17,21H,6-7,9-10,14-15,30H2,1H3;1H2/t17-;/m0./s1. The third kappa shape index (κ3) is 5.36. The molecule has 1 aliphatic heterocycles. The van der Waals surface area contributed by atoms with Crippen LogP contribution in [0.3, 0.4) is 0 Å². The Morgan fingerprint density at radius 2 is 1.90 bits per heavy atom. The van der Waals surface area contributed by atoms with Crippen molar-refractivity contribution in [2.45, 2.75) is 38.4 Å². The van der Waals surface area contributed by atoms with Gasteiger partial charge in [0, 0.05) is 48.7 Å². The molecule has 2 aromatic carbocycles. The molecule has 0 unspecified atom stereocenters. The van der Waals surface area contributed by atoms with Crippen molar-refractivity contribution in [2.24, 2.45) is 5.73 Å². The zero-order chi connectivity index (χ0) is 26.4. The summed E-state index contributed by atoms with van der Waals surface area (Å²) in [6, 6.07) is 15.3. The van der Waals surface area contributed by atoms with Gasteiger partial charge in [0.15, 0.2) is 5.69 Å². The summed E-state index contributed by atoms with van der Waals surface area (Å²) >= 11 is 6.60. The molecule has 6 rings (SSSR count). The summed E-state index contributed by atoms with van der Waals surface area (Å²) in [5.74, 6) is -0.244. The van der Waals surface area contributed by atoms with E-state index in [1.807, 2.05) is 43.3 Å². The number of carbonyl (C=O) groups is 2. The van der Waals surface area contributed by atoms with Crippen LogP contribution in [0.5, 0.6) is 0 Å². The fourth-order valence-electron chi connectivity index (χ4n) is 4.99. The van der Waals surface area contributed by atoms with Gasteiger partial charge in [-0.2, -0.15) is 13.5 Å². The first-order valence-corrected chi connectivity index (χ1v) is 13.2. The Hall–Kier alpha value is -3.47. The van der Waals surface area contributed by atoms with Gasteiger partial charge < -0.3 is 15.5 Å². The van der Waals surface area contributed by atoms with Gasteiger partial charge >= 0.3 is 0 Å². The highest BCUT2D eigenvalue weighted by molar-refractivity contribution is 7.59. The average molecular weight is 564 g/mol. The van der Waals surface area contributed by atoms with E-state index in [9.17, 15) is 9.59 Å². The van der Waals surface area contributed by atoms with E-state index >= 15 is 0 Å². The molecular formula is C28H30ClN7O2S. The predicted octanol–water partition coefficient (Wildman–Crippen LogP) is 4.04. The van der Waals surface area contributed by atoms with Crippen LogP contribution in [0, 0.1) is 0 Å². The molecular weight excluding hydrogens is 534 g/mol. The molecule has 0 spiro atoms. The minimum atomic E-state index is -0.152. The number of pyridine rings is 1. The smallest absolute Gasteiger partial charge is 0.276 e. The zero-order valence-electron chi connectivity index (χ0n) is 21.5. The highest BCUT2D eigenvalue weighted by atomic mass is 35.5. The van der Waals surface area contributed by atoms with Crippen LogP contribution in [0.1, 0.15) is 52.2 Å². The zero-order valence-corrected chi connectivity index (χ0v) is 23.3. The normalized spacial score (nSPS) is 17.3. The molecule has 2 N–H and O–H groups in total. The maximum absolute atomic E-state index is 13.5. The Morgan fingerprint density at radius 3 is 2.64 bits per heavy atom. The average Bonchev–Trinajstić information content (AvgIpc) is 3.68. The van der Waals surface area contributed by atoms with E-state index in [-0.39, 0.29) is 31.4 Å². The number of amides is 2. The van der Waals surface area contributed by atoms with Gasteiger partial charge in [0.05, 0.1) is 28.5 Å². The van der Waals surface area contributed by atoms with Gasteiger partial charge in [-0.1, -0.05) is 41.1 Å². The molecule has 39 heavy (non-hydrogen) atoms. The highest BCUT2D eigenvalue weighted by Crippen LogP contribution is 2.34. The summed E-state index contributed by atoms with van der Waals surface area (Å²) in [6.07, 6.45) is 3.89. The third-order valence-corrected chi connectivity index (χ3v) is 7.60. The van der Waals surface area contributed by atoms with Crippen LogP contribution in [0.2, 0.25) is 5.02 Å². The molecule has 3 heterocycles. The summed E-state index contributed by atoms with van der Waals surface area (Å²) in [4.78, 5) is 34.9. The minimum Gasteiger partial charge on any atom is -0.335 e. The van der Waals surface area contributed by atoms with Crippen LogP contribution in [0.15, 0.2) is 54.7 Å². The summed E-state index contributed by atoms with van der Waals surface area (Å²) < 4.78 is 1.78. The van der Waals surface area contributed by atoms with Gasteiger partial charge in [0.1, 0.15) is 0 Å². The Labute approximate surface area is 238 Å². The lowest BCUT2D eigenvalue weighted by Gasteiger charge is -2.39. The quantitative estimate of drug-likeness (QED) is 0.392. The molecule has 9 nitrogen and oxygen atoms in total. The molecule has 4 aromatic rings. The second-order valence-electron chi connectivity index (χ2n) is 10.0. The number of rotatable bonds is 5. The van der Waals surface area contributed by atoms with Gasteiger partial charge in [-0.3, -0.25) is 9.59 Å². The van der Waals surface area contributed by atoms with Crippen LogP contribution in [0.25, 0.3) is 22.2 Å². The maximum atomic E-state index is 13.5. The van der Waals surface area contributed by atoms with Crippen LogP contribution in [-0.2, 0) is 6.54 Å². The van der Waals surface area contributed by atoms with Crippen LogP contribution in [0.4, 0.5) is 0 Å². The number of nitrogens with zero attached hydrogens (tertiary/aromatic N) is 6. The van der Waals surface area contributed by atoms with Gasteiger partial charge in [0.2, 0.25) is 0 Å². The Bertz CT molecular complexity index is 1550. The lowest BCUT2D eigenvalue weighted by atomic mass is 10.0. The molecule has 1 saturated carbocycles. The topological polar surface area (TPSA) is 110 Å². The SMILES string of the molecule is C[C@H]1CN(C(=O)c2ccc3c(Cl)cc(-c4cccc(CN)c4)nc3c2)CCN1C(=O)c1cn(C2CC2)nn1.S. The van der Waals surface area contributed by atoms with E-state index in [0.29, 0.717) is 54.0 Å². The number of aromatic nitrogens is 4. The van der Waals surface area contributed by atoms with Crippen molar-refractivity contribution in [3.63, 3.8) is 0 Å². The fourth-order valence-corrected chi connectivity index (χ4v) is 5.25. The molecule has 2 aromatic heterocycles. The van der Waals surface area contributed by atoms with Gasteiger partial charge in [-0.05, 0) is 49.6 Å². The first-order chi connectivity index (χ1) is 18.4. The number of fused-ring (bicyclic) bond motifs is 1. The van der Waals surface area contributed by atoms with Gasteiger partial charge in [-0.15, -0.1) is 5.10 Å². The molecule has 2 fully saturated rings. The van der Waals surface area contributed by atoms with Crippen molar-refractivity contribution in [1.82, 2.24) is 29.8 Å². The molecule has 202 valence electrons. The van der Waals surface area contributed by atoms with E-state index < -0.39 is 0 Å². The predicted molar refractivity (Wildman–Crippen MR) is 155 cm³/mol. The Balaban J connectivity index is 0.00000308. The van der Waals surface area contributed by atoms with Crippen molar-refractivity contribution in [3.8, 4) is 11.3 Å². The molecule has 1 saturated heterocycles. The first-order valence-electron chi connectivity index (χ1n) is 12.8. The lowest BCUT2D eigenvalue weighted by molar-refractivity contribution is 0.0411. The number of halogens is 1. The van der Waals surface area contributed by atoms with Crippen molar-refractivity contribution < 1.29 is 9.59 Å². The number of benzene rings is 2. The highest BCUT2D eigenvalue weighted by Gasteiger charge is 2.33. The molecule has 2 amide bonds. The van der Waals surface area contributed by atoms with Crippen LogP contribution >= 0.6 is 25.1 Å². The Morgan fingerprint density at radius 1 is 1.08 bits per heavy atom. The maximum Gasteiger partial charge on any atom is 0.276 e. The minimum absolute atomic E-state index is 0. The molecule has 2 aliphatic rings. The first kappa shape index (κ1) is 27.1. The third-order valence-electron chi connectivity index (χ3n) is 7.29. The summed E-state index contributed by atoms with van der Waals surface area (Å²) in [5.41, 5.74) is 9.99. The molecule has 0 bridgehead atoms. The van der Waals surface area contributed by atoms with E-state index in [1.54, 1.807) is 32.8 Å². The van der Waals surface area contributed by atoms with E-state index in [2.05, 4.69) is 10.3 Å². The molecule has 11 heteroatoms. The summed E-state index contributed by atoms with van der Waals surface area (Å²) in [7, 11) is 0. The molecule has 1 atom stereocenters. The van der Waals surface area contributed by atoms with Gasteiger partial charge in [0.25, 0.3) is 11.8 Å². The number of hydrogen-bond donors (Lipinski definition) is 1. The summed E-state index contributed by atoms with van der Waals surface area (Å²) in [5, 5.41) is 9.53. The largest absolute Gasteiger partial charge is 0.335 e. The van der Waals surface area contributed by atoms with Gasteiger partial charge in [-0.25, -0.2) is 9.67 Å². The second-order valence-corrected chi connectivity index (χ2v) is 10.4.